The van der Waals surface area contributed by atoms with E-state index in [1.54, 1.807) is 13.8 Å². The van der Waals surface area contributed by atoms with Gasteiger partial charge in [0.15, 0.2) is 11.3 Å². The molecule has 0 saturated carbocycles. The number of hydrogen-bond acceptors (Lipinski definition) is 9. The van der Waals surface area contributed by atoms with Crippen molar-refractivity contribution in [3.63, 3.8) is 0 Å². The number of hydrogen-bond donors (Lipinski definition) is 5. The Morgan fingerprint density at radius 3 is 1.71 bits per heavy atom. The Balaban J connectivity index is 1.88. The van der Waals surface area contributed by atoms with Crippen LogP contribution in [0.1, 0.15) is 31.8 Å². The number of ether oxygens (including phenoxy) is 2. The van der Waals surface area contributed by atoms with Gasteiger partial charge in [0.2, 0.25) is 5.43 Å². The van der Waals surface area contributed by atoms with E-state index in [4.69, 9.17) is 13.9 Å². The summed E-state index contributed by atoms with van der Waals surface area (Å²) in [6.07, 6.45) is 0. The fourth-order valence-corrected chi connectivity index (χ4v) is 5.19. The molecule has 42 heavy (non-hydrogen) atoms. The number of fused-ring (bicyclic) bond motifs is 2. The number of benzene rings is 4. The van der Waals surface area contributed by atoms with Crippen LogP contribution < -0.4 is 14.9 Å². The van der Waals surface area contributed by atoms with Crippen LogP contribution in [-0.2, 0) is 0 Å². The zero-order valence-electron chi connectivity index (χ0n) is 22.7. The third-order valence-corrected chi connectivity index (χ3v) is 7.19. The largest absolute Gasteiger partial charge is 0.507 e. The monoisotopic (exact) mass is 572 g/mol. The minimum atomic E-state index is -1.44. The number of aromatic carboxylic acids is 2. The summed E-state index contributed by atoms with van der Waals surface area (Å²) in [6, 6.07) is 9.28. The van der Waals surface area contributed by atoms with Gasteiger partial charge in [-0.05, 0) is 66.4 Å². The van der Waals surface area contributed by atoms with E-state index in [-0.39, 0.29) is 55.7 Å². The van der Waals surface area contributed by atoms with Crippen LogP contribution in [0.25, 0.3) is 44.2 Å². The minimum Gasteiger partial charge on any atom is -0.507 e. The van der Waals surface area contributed by atoms with Crippen molar-refractivity contribution in [3.8, 4) is 51.0 Å². The first-order valence-electron chi connectivity index (χ1n) is 12.4. The molecule has 5 N–H and O–H groups in total. The van der Waals surface area contributed by atoms with Crippen molar-refractivity contribution in [2.75, 3.05) is 14.2 Å². The number of methoxy groups -OCH3 is 2. The van der Waals surface area contributed by atoms with E-state index >= 15 is 0 Å². The molecule has 1 heterocycles. The highest BCUT2D eigenvalue weighted by molar-refractivity contribution is 6.05. The van der Waals surface area contributed by atoms with Crippen LogP contribution in [-0.4, -0.2) is 51.7 Å². The second kappa shape index (κ2) is 10.0. The molecule has 0 spiro atoms. The van der Waals surface area contributed by atoms with Crippen LogP contribution in [0.15, 0.2) is 51.7 Å². The Bertz CT molecular complexity index is 2040. The lowest BCUT2D eigenvalue weighted by atomic mass is 9.91. The van der Waals surface area contributed by atoms with Gasteiger partial charge in [0, 0.05) is 23.3 Å². The van der Waals surface area contributed by atoms with Gasteiger partial charge in [-0.3, -0.25) is 4.79 Å². The number of carboxylic acid groups (broad SMARTS) is 2. The molecule has 214 valence electrons. The maximum atomic E-state index is 14.0. The zero-order chi connectivity index (χ0) is 30.6. The SMILES string of the molecule is COc1cc(O)c(C(=O)O)c(-c2cc3c(=O)c4c(C)c(-c5cc(OC)cc(O)c5C(=O)O)cc(O)c4oc3cc2C)c1. The summed E-state index contributed by atoms with van der Waals surface area (Å²) >= 11 is 0. The van der Waals surface area contributed by atoms with E-state index in [9.17, 15) is 39.9 Å². The predicted octanol–water partition coefficient (Wildman–Crippen LogP) is 5.43. The lowest BCUT2D eigenvalue weighted by molar-refractivity contribution is 0.0683. The van der Waals surface area contributed by atoms with Crippen LogP contribution in [0.2, 0.25) is 0 Å². The number of carbonyl (C=O) groups is 2. The fraction of sp³-hybridized carbons (Fsp3) is 0.129. The van der Waals surface area contributed by atoms with Crippen molar-refractivity contribution < 1.29 is 49.0 Å². The maximum absolute atomic E-state index is 14.0. The van der Waals surface area contributed by atoms with Gasteiger partial charge in [-0.15, -0.1) is 0 Å². The number of rotatable bonds is 6. The van der Waals surface area contributed by atoms with E-state index in [1.165, 1.54) is 50.6 Å². The van der Waals surface area contributed by atoms with Crippen molar-refractivity contribution in [1.29, 1.82) is 0 Å². The molecule has 4 aromatic carbocycles. The molecule has 0 atom stereocenters. The van der Waals surface area contributed by atoms with Gasteiger partial charge in [-0.2, -0.15) is 0 Å². The van der Waals surface area contributed by atoms with Gasteiger partial charge in [0.25, 0.3) is 0 Å². The summed E-state index contributed by atoms with van der Waals surface area (Å²) in [5, 5.41) is 51.4. The molecule has 1 aromatic heterocycles. The molecule has 0 aliphatic carbocycles. The number of carboxylic acids is 2. The molecular formula is C31H24O11. The summed E-state index contributed by atoms with van der Waals surface area (Å²) in [6.45, 7) is 3.21. The molecular weight excluding hydrogens is 548 g/mol. The third-order valence-electron chi connectivity index (χ3n) is 7.19. The zero-order valence-corrected chi connectivity index (χ0v) is 22.7. The van der Waals surface area contributed by atoms with Crippen LogP contribution in [0.3, 0.4) is 0 Å². The summed E-state index contributed by atoms with van der Waals surface area (Å²) in [7, 11) is 2.69. The number of phenols is 3. The van der Waals surface area contributed by atoms with Crippen molar-refractivity contribution >= 4 is 33.9 Å². The van der Waals surface area contributed by atoms with E-state index in [0.717, 1.165) is 6.07 Å². The number of aryl methyl sites for hydroxylation is 2. The van der Waals surface area contributed by atoms with E-state index in [2.05, 4.69) is 0 Å². The average Bonchev–Trinajstić information content (AvgIpc) is 2.93. The molecule has 11 heteroatoms. The molecule has 5 aromatic rings. The van der Waals surface area contributed by atoms with Gasteiger partial charge in [-0.25, -0.2) is 9.59 Å². The molecule has 0 radical (unpaired) electrons. The molecule has 0 aliphatic heterocycles. The van der Waals surface area contributed by atoms with Crippen LogP contribution >= 0.6 is 0 Å². The lowest BCUT2D eigenvalue weighted by Crippen LogP contribution is -2.08. The molecule has 0 aliphatic rings. The Morgan fingerprint density at radius 1 is 0.690 bits per heavy atom. The standard InChI is InChI=1S/C31H24O11/c1-12-5-24-20(10-16(12)18-6-14(40-3)8-21(32)26(18)30(36)37)28(35)25-13(2)17(11-23(34)29(25)42-24)19-7-15(41-4)9-22(33)27(19)31(38)39/h5-11,32-34H,1-4H3,(H,36,37)(H,38,39). The second-order valence-electron chi connectivity index (χ2n) is 9.62. The normalized spacial score (nSPS) is 11.1. The van der Waals surface area contributed by atoms with E-state index < -0.39 is 45.7 Å². The van der Waals surface area contributed by atoms with Crippen LogP contribution in [0.4, 0.5) is 0 Å². The molecule has 11 nitrogen and oxygen atoms in total. The minimum absolute atomic E-state index is 0.00361. The molecule has 0 amide bonds. The Hall–Kier alpha value is -5.71. The van der Waals surface area contributed by atoms with Gasteiger partial charge in [0.05, 0.1) is 25.0 Å². The van der Waals surface area contributed by atoms with Crippen molar-refractivity contribution in [3.05, 3.63) is 74.9 Å². The quantitative estimate of drug-likeness (QED) is 0.164. The Labute approximate surface area is 237 Å². The third kappa shape index (κ3) is 4.27. The van der Waals surface area contributed by atoms with Gasteiger partial charge in [-0.1, -0.05) is 0 Å². The average molecular weight is 573 g/mol. The van der Waals surface area contributed by atoms with E-state index in [1.807, 2.05) is 0 Å². The summed E-state index contributed by atoms with van der Waals surface area (Å²) < 4.78 is 16.4. The predicted molar refractivity (Wildman–Crippen MR) is 152 cm³/mol. The molecule has 0 unspecified atom stereocenters. The second-order valence-corrected chi connectivity index (χ2v) is 9.62. The molecule has 0 fully saturated rings. The van der Waals surface area contributed by atoms with Gasteiger partial charge in [0.1, 0.15) is 39.7 Å². The summed E-state index contributed by atoms with van der Waals surface area (Å²) in [5.41, 5.74) is -0.178. The highest BCUT2D eigenvalue weighted by atomic mass is 16.5. The fourth-order valence-electron chi connectivity index (χ4n) is 5.19. The topological polar surface area (TPSA) is 184 Å². The highest BCUT2D eigenvalue weighted by Gasteiger charge is 2.25. The molecule has 0 saturated heterocycles. The Morgan fingerprint density at radius 2 is 1.21 bits per heavy atom. The summed E-state index contributed by atoms with van der Waals surface area (Å²) in [5.74, 6) is -4.04. The van der Waals surface area contributed by atoms with Crippen LogP contribution in [0.5, 0.6) is 28.7 Å². The first-order chi connectivity index (χ1) is 19.9. The van der Waals surface area contributed by atoms with Crippen molar-refractivity contribution in [2.24, 2.45) is 0 Å². The molecule has 5 rings (SSSR count). The smallest absolute Gasteiger partial charge is 0.340 e. The van der Waals surface area contributed by atoms with Gasteiger partial charge >= 0.3 is 11.9 Å². The van der Waals surface area contributed by atoms with Crippen molar-refractivity contribution in [2.45, 2.75) is 13.8 Å². The van der Waals surface area contributed by atoms with Crippen LogP contribution in [0, 0.1) is 13.8 Å². The van der Waals surface area contributed by atoms with Gasteiger partial charge < -0.3 is 39.4 Å². The highest BCUT2D eigenvalue weighted by Crippen LogP contribution is 2.42. The first-order valence-corrected chi connectivity index (χ1v) is 12.4. The maximum Gasteiger partial charge on any atom is 0.340 e. The Kier molecular flexibility index (Phi) is 6.65. The lowest BCUT2D eigenvalue weighted by Gasteiger charge is -2.16. The van der Waals surface area contributed by atoms with E-state index in [0.29, 0.717) is 11.1 Å². The molecule has 0 bridgehead atoms. The first kappa shape index (κ1) is 27.8. The summed E-state index contributed by atoms with van der Waals surface area (Å²) in [4.78, 5) is 38.1. The number of aromatic hydroxyl groups is 3. The number of phenolic OH excluding ortho intramolecular Hbond substituents is 1. The van der Waals surface area contributed by atoms with Crippen molar-refractivity contribution in [1.82, 2.24) is 0 Å².